The van der Waals surface area contributed by atoms with E-state index < -0.39 is 0 Å². The smallest absolute Gasteiger partial charge is 0.0468 e. The zero-order valence-electron chi connectivity index (χ0n) is 32.1. The molecule has 2 nitrogen and oxygen atoms in total. The third kappa shape index (κ3) is 3.65. The average molecular weight is 657 g/mol. The number of benzene rings is 5. The molecule has 2 aromatic heterocycles. The van der Waals surface area contributed by atoms with Gasteiger partial charge in [0.05, 0.1) is 0 Å². The van der Waals surface area contributed by atoms with E-state index in [-0.39, 0.29) is 32.5 Å². The normalized spacial score (nSPS) is 20.6. The molecule has 2 aliphatic carbocycles. The molecule has 7 aromatic rings. The molecule has 5 aromatic carbocycles. The highest BCUT2D eigenvalue weighted by Crippen LogP contribution is 2.63. The maximum absolute atomic E-state index is 3.77. The van der Waals surface area contributed by atoms with Crippen LogP contribution >= 0.6 is 0 Å². The van der Waals surface area contributed by atoms with Crippen LogP contribution in [0.25, 0.3) is 65.9 Å². The number of rotatable bonds is 2. The van der Waals surface area contributed by atoms with Crippen LogP contribution in [0.5, 0.6) is 0 Å². The molecule has 0 spiro atoms. The summed E-state index contributed by atoms with van der Waals surface area (Å²) in [4.78, 5) is 7.54. The Bertz CT molecular complexity index is 2410. The summed E-state index contributed by atoms with van der Waals surface area (Å²) >= 11 is 0. The summed E-state index contributed by atoms with van der Waals surface area (Å²) < 4.78 is 0. The lowest BCUT2D eigenvalue weighted by molar-refractivity contribution is 0.125. The lowest BCUT2D eigenvalue weighted by Crippen LogP contribution is -2.42. The van der Waals surface area contributed by atoms with Crippen LogP contribution in [-0.2, 0) is 21.7 Å². The summed E-state index contributed by atoms with van der Waals surface area (Å²) in [5.74, 6) is 0. The minimum Gasteiger partial charge on any atom is -0.355 e. The molecular weight excluding hydrogens is 605 g/mol. The topological polar surface area (TPSA) is 31.6 Å². The number of hydrogen-bond donors (Lipinski definition) is 2. The molecule has 254 valence electrons. The van der Waals surface area contributed by atoms with Gasteiger partial charge in [-0.25, -0.2) is 0 Å². The monoisotopic (exact) mass is 656 g/mol. The third-order valence-corrected chi connectivity index (χ3v) is 15.9. The Morgan fingerprint density at radius 1 is 0.320 bits per heavy atom. The average Bonchev–Trinajstić information content (AvgIpc) is 3.67. The maximum Gasteiger partial charge on any atom is 0.0468 e. The Morgan fingerprint density at radius 3 is 1.02 bits per heavy atom. The molecule has 0 fully saturated rings. The van der Waals surface area contributed by atoms with Gasteiger partial charge in [-0.1, -0.05) is 113 Å². The van der Waals surface area contributed by atoms with Crippen molar-refractivity contribution in [2.24, 2.45) is 10.8 Å². The molecule has 9 rings (SSSR count). The van der Waals surface area contributed by atoms with Crippen LogP contribution < -0.4 is 0 Å². The van der Waals surface area contributed by atoms with E-state index in [1.54, 1.807) is 0 Å². The van der Waals surface area contributed by atoms with E-state index in [0.29, 0.717) is 0 Å². The van der Waals surface area contributed by atoms with Crippen LogP contribution in [0.3, 0.4) is 0 Å². The van der Waals surface area contributed by atoms with Crippen LogP contribution in [0.4, 0.5) is 0 Å². The number of H-pyrrole nitrogens is 2. The second-order valence-electron chi connectivity index (χ2n) is 19.0. The molecule has 2 heteroatoms. The number of nitrogens with one attached hydrogen (secondary N) is 2. The van der Waals surface area contributed by atoms with Crippen molar-refractivity contribution >= 4 is 43.6 Å². The molecule has 0 unspecified atom stereocenters. The number of fused-ring (bicyclic) bond motifs is 8. The van der Waals surface area contributed by atoms with Crippen molar-refractivity contribution in [2.45, 2.75) is 105 Å². The highest BCUT2D eigenvalue weighted by molar-refractivity contribution is 6.10. The quantitative estimate of drug-likeness (QED) is 0.186. The van der Waals surface area contributed by atoms with Gasteiger partial charge in [0.25, 0.3) is 0 Å². The number of aromatic nitrogens is 2. The molecule has 50 heavy (non-hydrogen) atoms. The van der Waals surface area contributed by atoms with Gasteiger partial charge >= 0.3 is 0 Å². The van der Waals surface area contributed by atoms with Gasteiger partial charge in [-0.05, 0) is 132 Å². The Labute approximate surface area is 297 Å². The van der Waals surface area contributed by atoms with Gasteiger partial charge in [0.1, 0.15) is 0 Å². The van der Waals surface area contributed by atoms with E-state index in [4.69, 9.17) is 0 Å². The first kappa shape index (κ1) is 31.7. The van der Waals surface area contributed by atoms with Gasteiger partial charge in [0.2, 0.25) is 0 Å². The van der Waals surface area contributed by atoms with E-state index in [0.717, 1.165) is 0 Å². The molecule has 0 amide bonds. The fourth-order valence-corrected chi connectivity index (χ4v) is 10.1. The third-order valence-electron chi connectivity index (χ3n) is 15.9. The summed E-state index contributed by atoms with van der Waals surface area (Å²) in [6, 6.07) is 32.8. The van der Waals surface area contributed by atoms with E-state index in [9.17, 15) is 0 Å². The Hall–Kier alpha value is -4.30. The minimum absolute atomic E-state index is 0.0743. The first-order valence-electron chi connectivity index (χ1n) is 18.6. The van der Waals surface area contributed by atoms with Crippen LogP contribution in [0, 0.1) is 10.8 Å². The van der Waals surface area contributed by atoms with Crippen molar-refractivity contribution < 1.29 is 0 Å². The predicted molar refractivity (Wildman–Crippen MR) is 216 cm³/mol. The molecule has 0 saturated carbocycles. The van der Waals surface area contributed by atoms with Crippen molar-refractivity contribution in [1.82, 2.24) is 9.97 Å². The summed E-state index contributed by atoms with van der Waals surface area (Å²) in [5, 5.41) is 5.24. The van der Waals surface area contributed by atoms with Gasteiger partial charge in [0.15, 0.2) is 0 Å². The van der Waals surface area contributed by atoms with Crippen LogP contribution in [0.15, 0.2) is 84.9 Å². The molecule has 0 bridgehead atoms. The van der Waals surface area contributed by atoms with Crippen LogP contribution in [0.1, 0.15) is 105 Å². The van der Waals surface area contributed by atoms with Gasteiger partial charge in [-0.3, -0.25) is 0 Å². The largest absolute Gasteiger partial charge is 0.355 e. The molecule has 2 heterocycles. The van der Waals surface area contributed by atoms with Crippen molar-refractivity contribution in [3.8, 4) is 22.3 Å². The summed E-state index contributed by atoms with van der Waals surface area (Å²) in [6.45, 7) is 29.2. The lowest BCUT2D eigenvalue weighted by Gasteiger charge is -2.44. The number of aromatic amines is 2. The van der Waals surface area contributed by atoms with Crippen LogP contribution in [0.2, 0.25) is 0 Å². The fourth-order valence-electron chi connectivity index (χ4n) is 10.1. The molecule has 0 radical (unpaired) electrons. The van der Waals surface area contributed by atoms with Crippen molar-refractivity contribution in [3.63, 3.8) is 0 Å². The van der Waals surface area contributed by atoms with Crippen LogP contribution in [-0.4, -0.2) is 9.97 Å². The van der Waals surface area contributed by atoms with Crippen molar-refractivity contribution in [3.05, 3.63) is 107 Å². The van der Waals surface area contributed by atoms with E-state index in [1.165, 1.54) is 88.1 Å². The zero-order chi connectivity index (χ0) is 35.6. The summed E-state index contributed by atoms with van der Waals surface area (Å²) in [6.07, 6.45) is 0. The van der Waals surface area contributed by atoms with Gasteiger partial charge in [-0.2, -0.15) is 0 Å². The molecule has 0 aliphatic heterocycles. The number of hydrogen-bond acceptors (Lipinski definition) is 0. The SMILES string of the molecule is CC1(C)c2cc3[nH]c4ccc(-c5cccc(-c6ccc7[nH]c8cc9c(cc8c7c6)C(C)(C)C(C)(C)C9(C)C)c5)cc4c3cc2C(C)(C)C1(C)C. The van der Waals surface area contributed by atoms with Gasteiger partial charge in [0, 0.05) is 43.6 Å². The second kappa shape index (κ2) is 9.32. The van der Waals surface area contributed by atoms with E-state index in [1.807, 2.05) is 0 Å². The van der Waals surface area contributed by atoms with Gasteiger partial charge < -0.3 is 9.97 Å². The molecule has 0 saturated heterocycles. The highest BCUT2D eigenvalue weighted by Gasteiger charge is 2.58. The first-order chi connectivity index (χ1) is 23.3. The van der Waals surface area contributed by atoms with E-state index in [2.05, 4.69) is 178 Å². The maximum atomic E-state index is 3.77. The Kier molecular flexibility index (Phi) is 5.90. The van der Waals surface area contributed by atoms with E-state index >= 15 is 0 Å². The fraction of sp³-hybridized carbons (Fsp3) is 0.375. The zero-order valence-corrected chi connectivity index (χ0v) is 32.1. The molecule has 2 N–H and O–H groups in total. The second-order valence-corrected chi connectivity index (χ2v) is 19.0. The lowest BCUT2D eigenvalue weighted by atomic mass is 9.59. The van der Waals surface area contributed by atoms with Crippen molar-refractivity contribution in [2.75, 3.05) is 0 Å². The Balaban J connectivity index is 1.14. The summed E-state index contributed by atoms with van der Waals surface area (Å²) in [5.41, 5.74) is 16.4. The first-order valence-corrected chi connectivity index (χ1v) is 18.6. The Morgan fingerprint density at radius 2 is 0.640 bits per heavy atom. The van der Waals surface area contributed by atoms with Crippen molar-refractivity contribution in [1.29, 1.82) is 0 Å². The minimum atomic E-state index is 0.0743. The van der Waals surface area contributed by atoms with Gasteiger partial charge in [-0.15, -0.1) is 0 Å². The molecule has 2 aliphatic rings. The predicted octanol–water partition coefficient (Wildman–Crippen LogP) is 13.5. The molecule has 0 atom stereocenters. The standard InChI is InChI=1S/C48H52N2/c1-43(2)35-23-33-31-21-29(16-18-39(31)49-41(33)25-37(35)45(5,6)47(43,9)10)27-14-13-15-28(20-27)30-17-19-40-32(22-30)34-24-36-38(26-42(34)50-40)46(7,8)48(11,12)44(36,3)4/h13-26,49-50H,1-12H3. The highest BCUT2D eigenvalue weighted by atomic mass is 14.7. The molecular formula is C48H52N2. The summed E-state index contributed by atoms with van der Waals surface area (Å²) in [7, 11) is 0.